The number of piperazine rings is 1. The van der Waals surface area contributed by atoms with Crippen molar-refractivity contribution in [2.24, 2.45) is 0 Å². The zero-order valence-corrected chi connectivity index (χ0v) is 11.9. The lowest BCUT2D eigenvalue weighted by molar-refractivity contribution is 0.395. The Hall–Kier alpha value is -2.57. The lowest BCUT2D eigenvalue weighted by Crippen LogP contribution is -2.47. The van der Waals surface area contributed by atoms with Crippen molar-refractivity contribution in [2.75, 3.05) is 48.8 Å². The van der Waals surface area contributed by atoms with Crippen LogP contribution >= 0.6 is 0 Å². The third kappa shape index (κ3) is 2.81. The average Bonchev–Trinajstić information content (AvgIpc) is 2.56. The van der Waals surface area contributed by atoms with Crippen LogP contribution in [-0.4, -0.2) is 48.2 Å². The van der Waals surface area contributed by atoms with Gasteiger partial charge in [0.05, 0.1) is 25.2 Å². The Kier molecular flexibility index (Phi) is 3.72. The van der Waals surface area contributed by atoms with Crippen molar-refractivity contribution in [1.82, 2.24) is 15.0 Å². The normalized spacial score (nSPS) is 15.1. The van der Waals surface area contributed by atoms with Gasteiger partial charge >= 0.3 is 0 Å². The molecule has 0 aromatic carbocycles. The molecule has 0 aliphatic carbocycles. The summed E-state index contributed by atoms with van der Waals surface area (Å²) in [5, 5.41) is 0. The van der Waals surface area contributed by atoms with Crippen molar-refractivity contribution >= 4 is 17.3 Å². The van der Waals surface area contributed by atoms with Crippen LogP contribution in [0.25, 0.3) is 0 Å². The molecule has 7 heteroatoms. The number of nitrogen functional groups attached to an aromatic ring is 1. The zero-order chi connectivity index (χ0) is 14.7. The van der Waals surface area contributed by atoms with E-state index in [1.807, 2.05) is 12.1 Å². The summed E-state index contributed by atoms with van der Waals surface area (Å²) in [6.45, 7) is 3.38. The molecule has 0 bridgehead atoms. The Bertz CT molecular complexity index is 612. The van der Waals surface area contributed by atoms with Crippen LogP contribution in [0, 0.1) is 0 Å². The first kappa shape index (κ1) is 13.4. The number of hydrogen-bond acceptors (Lipinski definition) is 7. The topological polar surface area (TPSA) is 80.4 Å². The fourth-order valence-electron chi connectivity index (χ4n) is 2.41. The second-order valence-electron chi connectivity index (χ2n) is 4.81. The number of pyridine rings is 1. The fourth-order valence-corrected chi connectivity index (χ4v) is 2.41. The van der Waals surface area contributed by atoms with E-state index in [0.29, 0.717) is 11.6 Å². The number of nitrogens with two attached hydrogens (primary N) is 1. The molecule has 1 fully saturated rings. The maximum atomic E-state index is 5.98. The molecule has 3 rings (SSSR count). The Morgan fingerprint density at radius 1 is 1.14 bits per heavy atom. The second kappa shape index (κ2) is 5.82. The minimum atomic E-state index is 0.531. The molecule has 21 heavy (non-hydrogen) atoms. The highest BCUT2D eigenvalue weighted by molar-refractivity contribution is 5.62. The molecule has 1 aliphatic rings. The SMILES string of the molecule is COc1cncc(N2CCN(c3ncccc3N)CC2)n1. The van der Waals surface area contributed by atoms with Crippen molar-refractivity contribution in [3.8, 4) is 5.88 Å². The molecule has 0 atom stereocenters. The predicted molar refractivity (Wildman–Crippen MR) is 81.7 cm³/mol. The quantitative estimate of drug-likeness (QED) is 0.893. The standard InChI is InChI=1S/C14H18N6O/c1-21-13-10-16-9-12(18-13)19-5-7-20(8-6-19)14-11(15)3-2-4-17-14/h2-4,9-10H,5-8,15H2,1H3. The molecule has 110 valence electrons. The number of hydrogen-bond donors (Lipinski definition) is 1. The highest BCUT2D eigenvalue weighted by atomic mass is 16.5. The van der Waals surface area contributed by atoms with E-state index in [2.05, 4.69) is 24.8 Å². The van der Waals surface area contributed by atoms with Crippen LogP contribution in [0.15, 0.2) is 30.7 Å². The lowest BCUT2D eigenvalue weighted by Gasteiger charge is -2.36. The van der Waals surface area contributed by atoms with E-state index in [9.17, 15) is 0 Å². The molecule has 2 aromatic rings. The molecule has 0 radical (unpaired) electrons. The Labute approximate surface area is 123 Å². The van der Waals surface area contributed by atoms with Gasteiger partial charge in [0.25, 0.3) is 0 Å². The van der Waals surface area contributed by atoms with E-state index in [-0.39, 0.29) is 0 Å². The van der Waals surface area contributed by atoms with E-state index < -0.39 is 0 Å². The van der Waals surface area contributed by atoms with Crippen molar-refractivity contribution < 1.29 is 4.74 Å². The van der Waals surface area contributed by atoms with Crippen LogP contribution in [-0.2, 0) is 0 Å². The summed E-state index contributed by atoms with van der Waals surface area (Å²) in [4.78, 5) is 17.3. The van der Waals surface area contributed by atoms with Gasteiger partial charge in [0.15, 0.2) is 11.6 Å². The Morgan fingerprint density at radius 3 is 2.62 bits per heavy atom. The highest BCUT2D eigenvalue weighted by Gasteiger charge is 2.20. The molecule has 2 aromatic heterocycles. The van der Waals surface area contributed by atoms with Gasteiger partial charge in [-0.2, -0.15) is 4.98 Å². The summed E-state index contributed by atoms with van der Waals surface area (Å²) in [6, 6.07) is 3.73. The van der Waals surface area contributed by atoms with Crippen LogP contribution < -0.4 is 20.3 Å². The van der Waals surface area contributed by atoms with Gasteiger partial charge in [-0.15, -0.1) is 0 Å². The van der Waals surface area contributed by atoms with Gasteiger partial charge in [-0.3, -0.25) is 4.98 Å². The number of aromatic nitrogens is 3. The molecular formula is C14H18N6O. The first-order chi connectivity index (χ1) is 10.3. The second-order valence-corrected chi connectivity index (χ2v) is 4.81. The van der Waals surface area contributed by atoms with Gasteiger partial charge in [-0.05, 0) is 12.1 Å². The molecule has 1 saturated heterocycles. The zero-order valence-electron chi connectivity index (χ0n) is 11.9. The summed E-state index contributed by atoms with van der Waals surface area (Å²) >= 11 is 0. The van der Waals surface area contributed by atoms with E-state index in [1.54, 1.807) is 25.7 Å². The van der Waals surface area contributed by atoms with Crippen molar-refractivity contribution in [2.45, 2.75) is 0 Å². The molecule has 0 saturated carbocycles. The number of anilines is 3. The maximum Gasteiger partial charge on any atom is 0.233 e. The first-order valence-electron chi connectivity index (χ1n) is 6.84. The molecular weight excluding hydrogens is 268 g/mol. The molecule has 2 N–H and O–H groups in total. The summed E-state index contributed by atoms with van der Waals surface area (Å²) in [5.74, 6) is 2.22. The van der Waals surface area contributed by atoms with Crippen molar-refractivity contribution in [3.05, 3.63) is 30.7 Å². The van der Waals surface area contributed by atoms with E-state index in [1.165, 1.54) is 0 Å². The van der Waals surface area contributed by atoms with Crippen LogP contribution in [0.3, 0.4) is 0 Å². The largest absolute Gasteiger partial charge is 0.480 e. The summed E-state index contributed by atoms with van der Waals surface area (Å²) < 4.78 is 5.11. The number of nitrogens with zero attached hydrogens (tertiary/aromatic N) is 5. The lowest BCUT2D eigenvalue weighted by atomic mass is 10.3. The van der Waals surface area contributed by atoms with Crippen molar-refractivity contribution in [1.29, 1.82) is 0 Å². The highest BCUT2D eigenvalue weighted by Crippen LogP contribution is 2.22. The third-order valence-electron chi connectivity index (χ3n) is 3.53. The predicted octanol–water partition coefficient (Wildman–Crippen LogP) is 0.789. The molecule has 7 nitrogen and oxygen atoms in total. The first-order valence-corrected chi connectivity index (χ1v) is 6.84. The summed E-state index contributed by atoms with van der Waals surface area (Å²) in [6.07, 6.45) is 5.13. The van der Waals surface area contributed by atoms with E-state index >= 15 is 0 Å². The third-order valence-corrected chi connectivity index (χ3v) is 3.53. The van der Waals surface area contributed by atoms with Gasteiger partial charge < -0.3 is 20.3 Å². The number of ether oxygens (including phenoxy) is 1. The number of methoxy groups -OCH3 is 1. The molecule has 1 aliphatic heterocycles. The maximum absolute atomic E-state index is 5.98. The van der Waals surface area contributed by atoms with Gasteiger partial charge in [0, 0.05) is 32.4 Å². The molecule has 0 amide bonds. The summed E-state index contributed by atoms with van der Waals surface area (Å²) in [7, 11) is 1.59. The van der Waals surface area contributed by atoms with Gasteiger partial charge in [0.1, 0.15) is 0 Å². The number of rotatable bonds is 3. The molecule has 3 heterocycles. The van der Waals surface area contributed by atoms with Crippen molar-refractivity contribution in [3.63, 3.8) is 0 Å². The van der Waals surface area contributed by atoms with Gasteiger partial charge in [0.2, 0.25) is 5.88 Å². The van der Waals surface area contributed by atoms with Crippen LogP contribution in [0.5, 0.6) is 5.88 Å². The fraction of sp³-hybridized carbons (Fsp3) is 0.357. The monoisotopic (exact) mass is 286 g/mol. The smallest absolute Gasteiger partial charge is 0.233 e. The van der Waals surface area contributed by atoms with Gasteiger partial charge in [-0.1, -0.05) is 0 Å². The molecule has 0 unspecified atom stereocenters. The minimum Gasteiger partial charge on any atom is -0.480 e. The van der Waals surface area contributed by atoms with Crippen LogP contribution in [0.4, 0.5) is 17.3 Å². The minimum absolute atomic E-state index is 0.531. The van der Waals surface area contributed by atoms with E-state index in [0.717, 1.165) is 37.8 Å². The Morgan fingerprint density at radius 2 is 1.90 bits per heavy atom. The molecule has 0 spiro atoms. The van der Waals surface area contributed by atoms with E-state index in [4.69, 9.17) is 10.5 Å². The van der Waals surface area contributed by atoms with Crippen LogP contribution in [0.2, 0.25) is 0 Å². The van der Waals surface area contributed by atoms with Crippen LogP contribution in [0.1, 0.15) is 0 Å². The average molecular weight is 286 g/mol. The summed E-state index contributed by atoms with van der Waals surface area (Å²) in [5.41, 5.74) is 6.69. The van der Waals surface area contributed by atoms with Gasteiger partial charge in [-0.25, -0.2) is 4.98 Å². The Balaban J connectivity index is 1.69.